The van der Waals surface area contributed by atoms with Gasteiger partial charge in [-0.2, -0.15) is 21.0 Å². The van der Waals surface area contributed by atoms with Gasteiger partial charge in [-0.15, -0.1) is 10.2 Å². The van der Waals surface area contributed by atoms with E-state index in [1.165, 1.54) is 5.56 Å². The molecule has 6 nitrogen and oxygen atoms in total. The minimum absolute atomic E-state index is 0.201. The monoisotopic (exact) mass is 417 g/mol. The number of hydrogen-bond donors (Lipinski definition) is 0. The SMILES string of the molecule is Cc1ccccc1CC(=O)N1CCC(c2nnc3ccc(-c4ccsc4)nn23)CC1. The molecule has 152 valence electrons. The normalized spacial score (nSPS) is 15.0. The minimum Gasteiger partial charge on any atom is -0.342 e. The molecule has 0 unspecified atom stereocenters. The summed E-state index contributed by atoms with van der Waals surface area (Å²) in [6.45, 7) is 3.55. The topological polar surface area (TPSA) is 63.4 Å². The zero-order valence-corrected chi connectivity index (χ0v) is 17.7. The first-order valence-electron chi connectivity index (χ1n) is 10.3. The smallest absolute Gasteiger partial charge is 0.226 e. The summed E-state index contributed by atoms with van der Waals surface area (Å²) in [5.41, 5.74) is 5.08. The second-order valence-corrected chi connectivity index (χ2v) is 8.60. The lowest BCUT2D eigenvalue weighted by Crippen LogP contribution is -2.39. The van der Waals surface area contributed by atoms with Crippen LogP contribution in [0.25, 0.3) is 16.9 Å². The molecule has 1 aromatic carbocycles. The van der Waals surface area contributed by atoms with Crippen LogP contribution in [0, 0.1) is 6.92 Å². The van der Waals surface area contributed by atoms with E-state index in [-0.39, 0.29) is 11.8 Å². The van der Waals surface area contributed by atoms with Crippen molar-refractivity contribution in [2.45, 2.75) is 32.1 Å². The van der Waals surface area contributed by atoms with Gasteiger partial charge in [-0.25, -0.2) is 0 Å². The van der Waals surface area contributed by atoms with Crippen molar-refractivity contribution in [3.8, 4) is 11.3 Å². The standard InChI is InChI=1S/C23H23N5OS/c1-16-4-2-3-5-18(16)14-22(29)27-11-8-17(9-12-27)23-25-24-21-7-6-20(26-28(21)23)19-10-13-30-15-19/h2-7,10,13,15,17H,8-9,11-12,14H2,1H3. The Morgan fingerprint density at radius 1 is 1.10 bits per heavy atom. The van der Waals surface area contributed by atoms with Crippen LogP contribution in [-0.2, 0) is 11.2 Å². The Morgan fingerprint density at radius 2 is 1.93 bits per heavy atom. The molecule has 0 radical (unpaired) electrons. The number of likely N-dealkylation sites (tertiary alicyclic amines) is 1. The van der Waals surface area contributed by atoms with Gasteiger partial charge >= 0.3 is 0 Å². The summed E-state index contributed by atoms with van der Waals surface area (Å²) in [4.78, 5) is 14.8. The fourth-order valence-corrected chi connectivity index (χ4v) is 4.74. The van der Waals surface area contributed by atoms with Crippen LogP contribution in [0.1, 0.15) is 35.7 Å². The first kappa shape index (κ1) is 18.9. The van der Waals surface area contributed by atoms with Gasteiger partial charge in [0.2, 0.25) is 5.91 Å². The lowest BCUT2D eigenvalue weighted by atomic mass is 9.95. The first-order chi connectivity index (χ1) is 14.7. The number of benzene rings is 1. The van der Waals surface area contributed by atoms with Gasteiger partial charge in [0.1, 0.15) is 0 Å². The summed E-state index contributed by atoms with van der Waals surface area (Å²) in [5.74, 6) is 1.35. The second kappa shape index (κ2) is 7.99. The Kier molecular flexibility index (Phi) is 5.04. The van der Waals surface area contributed by atoms with Crippen molar-refractivity contribution in [1.29, 1.82) is 0 Å². The summed E-state index contributed by atoms with van der Waals surface area (Å²) in [6, 6.07) is 14.1. The van der Waals surface area contributed by atoms with E-state index in [2.05, 4.69) is 40.0 Å². The largest absolute Gasteiger partial charge is 0.342 e. The number of carbonyl (C=O) groups is 1. The molecule has 0 aliphatic carbocycles. The van der Waals surface area contributed by atoms with E-state index in [4.69, 9.17) is 5.10 Å². The number of hydrogen-bond acceptors (Lipinski definition) is 5. The molecule has 4 aromatic rings. The summed E-state index contributed by atoms with van der Waals surface area (Å²) in [7, 11) is 0. The van der Waals surface area contributed by atoms with Crippen molar-refractivity contribution >= 4 is 22.9 Å². The highest BCUT2D eigenvalue weighted by Crippen LogP contribution is 2.28. The second-order valence-electron chi connectivity index (χ2n) is 7.82. The number of rotatable bonds is 4. The van der Waals surface area contributed by atoms with Crippen molar-refractivity contribution in [1.82, 2.24) is 24.7 Å². The van der Waals surface area contributed by atoms with Crippen LogP contribution in [0.2, 0.25) is 0 Å². The molecule has 1 fully saturated rings. The first-order valence-corrected chi connectivity index (χ1v) is 11.2. The van der Waals surface area contributed by atoms with Crippen LogP contribution in [-0.4, -0.2) is 43.7 Å². The Hall–Kier alpha value is -3.06. The molecule has 1 aliphatic rings. The summed E-state index contributed by atoms with van der Waals surface area (Å²) >= 11 is 1.66. The number of nitrogens with zero attached hydrogens (tertiary/aromatic N) is 5. The highest BCUT2D eigenvalue weighted by atomic mass is 32.1. The average Bonchev–Trinajstić information content (AvgIpc) is 3.45. The third-order valence-corrected chi connectivity index (χ3v) is 6.60. The molecular weight excluding hydrogens is 394 g/mol. The van der Waals surface area contributed by atoms with Crippen molar-refractivity contribution in [2.24, 2.45) is 0 Å². The molecule has 1 amide bonds. The van der Waals surface area contributed by atoms with Crippen LogP contribution in [0.5, 0.6) is 0 Å². The van der Waals surface area contributed by atoms with Crippen LogP contribution < -0.4 is 0 Å². The molecule has 0 spiro atoms. The van der Waals surface area contributed by atoms with Crippen molar-refractivity contribution in [3.63, 3.8) is 0 Å². The van der Waals surface area contributed by atoms with Crippen LogP contribution in [0.3, 0.4) is 0 Å². The predicted octanol–water partition coefficient (Wildman–Crippen LogP) is 4.11. The third-order valence-electron chi connectivity index (χ3n) is 5.92. The molecule has 0 atom stereocenters. The van der Waals surface area contributed by atoms with Gasteiger partial charge in [0.25, 0.3) is 0 Å². The fraction of sp³-hybridized carbons (Fsp3) is 0.304. The van der Waals surface area contributed by atoms with E-state index in [1.807, 2.05) is 39.7 Å². The quantitative estimate of drug-likeness (QED) is 0.501. The third kappa shape index (κ3) is 3.61. The van der Waals surface area contributed by atoms with Crippen molar-refractivity contribution in [3.05, 3.63) is 70.2 Å². The molecule has 0 bridgehead atoms. The summed E-state index contributed by atoms with van der Waals surface area (Å²) in [6.07, 6.45) is 2.23. The number of fused-ring (bicyclic) bond motifs is 1. The van der Waals surface area contributed by atoms with Crippen molar-refractivity contribution < 1.29 is 4.79 Å². The molecule has 1 aliphatic heterocycles. The molecule has 4 heterocycles. The Morgan fingerprint density at radius 3 is 2.70 bits per heavy atom. The zero-order chi connectivity index (χ0) is 20.5. The molecule has 3 aromatic heterocycles. The maximum absolute atomic E-state index is 12.8. The number of thiophene rings is 1. The Balaban J connectivity index is 1.29. The zero-order valence-electron chi connectivity index (χ0n) is 16.9. The van der Waals surface area contributed by atoms with Gasteiger partial charge in [0.05, 0.1) is 12.1 Å². The molecule has 0 N–H and O–H groups in total. The van der Waals surface area contributed by atoms with Crippen LogP contribution in [0.15, 0.2) is 53.2 Å². The number of aryl methyl sites for hydroxylation is 1. The van der Waals surface area contributed by atoms with E-state index < -0.39 is 0 Å². The lowest BCUT2D eigenvalue weighted by Gasteiger charge is -2.31. The Bertz CT molecular complexity index is 1180. The highest BCUT2D eigenvalue weighted by molar-refractivity contribution is 7.08. The molecule has 30 heavy (non-hydrogen) atoms. The Labute approximate surface area is 179 Å². The molecule has 1 saturated heterocycles. The number of aromatic nitrogens is 4. The molecule has 0 saturated carbocycles. The number of piperidine rings is 1. The van der Waals surface area contributed by atoms with Gasteiger partial charge in [-0.3, -0.25) is 4.79 Å². The maximum atomic E-state index is 12.8. The summed E-state index contributed by atoms with van der Waals surface area (Å²) in [5, 5.41) is 17.7. The van der Waals surface area contributed by atoms with Gasteiger partial charge in [-0.05, 0) is 54.5 Å². The molecule has 5 rings (SSSR count). The average molecular weight is 418 g/mol. The van der Waals surface area contributed by atoms with E-state index in [0.717, 1.165) is 54.2 Å². The van der Waals surface area contributed by atoms with Crippen LogP contribution >= 0.6 is 11.3 Å². The van der Waals surface area contributed by atoms with E-state index in [1.54, 1.807) is 11.3 Å². The van der Waals surface area contributed by atoms with Gasteiger partial charge in [-0.1, -0.05) is 24.3 Å². The number of carbonyl (C=O) groups excluding carboxylic acids is 1. The molecular formula is C23H23N5OS. The lowest BCUT2D eigenvalue weighted by molar-refractivity contribution is -0.131. The van der Waals surface area contributed by atoms with Crippen molar-refractivity contribution in [2.75, 3.05) is 13.1 Å². The maximum Gasteiger partial charge on any atom is 0.226 e. The van der Waals surface area contributed by atoms with E-state index in [0.29, 0.717) is 6.42 Å². The fourth-order valence-electron chi connectivity index (χ4n) is 4.09. The van der Waals surface area contributed by atoms with Gasteiger partial charge < -0.3 is 4.90 Å². The van der Waals surface area contributed by atoms with Gasteiger partial charge in [0.15, 0.2) is 11.5 Å². The summed E-state index contributed by atoms with van der Waals surface area (Å²) < 4.78 is 1.88. The minimum atomic E-state index is 0.201. The highest BCUT2D eigenvalue weighted by Gasteiger charge is 2.27. The van der Waals surface area contributed by atoms with Gasteiger partial charge in [0, 0.05) is 30.0 Å². The number of amides is 1. The van der Waals surface area contributed by atoms with E-state index in [9.17, 15) is 4.79 Å². The van der Waals surface area contributed by atoms with Crippen LogP contribution in [0.4, 0.5) is 0 Å². The predicted molar refractivity (Wildman–Crippen MR) is 118 cm³/mol. The molecule has 7 heteroatoms. The van der Waals surface area contributed by atoms with E-state index >= 15 is 0 Å².